The van der Waals surface area contributed by atoms with Crippen LogP contribution in [0.1, 0.15) is 20.8 Å². The maximum absolute atomic E-state index is 11.8. The van der Waals surface area contributed by atoms with Gasteiger partial charge in [-0.2, -0.15) is 0 Å². The second kappa shape index (κ2) is 4.42. The average molecular weight is 182 g/mol. The predicted molar refractivity (Wildman–Crippen MR) is 53.5 cm³/mol. The van der Waals surface area contributed by atoms with Crippen molar-refractivity contribution in [2.75, 3.05) is 26.2 Å². The number of nitrogens with zero attached hydrogens (tertiary/aromatic N) is 1. The fraction of sp³-hybridized carbons (Fsp3) is 0.700. The van der Waals surface area contributed by atoms with Crippen LogP contribution in [0.15, 0.2) is 11.1 Å². The lowest BCUT2D eigenvalue weighted by Crippen LogP contribution is -2.46. The summed E-state index contributed by atoms with van der Waals surface area (Å²) in [6.07, 6.45) is 0. The summed E-state index contributed by atoms with van der Waals surface area (Å²) < 4.78 is 0. The average Bonchev–Trinajstić information content (AvgIpc) is 2.17. The molecule has 1 saturated heterocycles. The van der Waals surface area contributed by atoms with Crippen molar-refractivity contribution in [1.29, 1.82) is 0 Å². The Morgan fingerprint density at radius 1 is 1.15 bits per heavy atom. The van der Waals surface area contributed by atoms with E-state index in [0.29, 0.717) is 0 Å². The van der Waals surface area contributed by atoms with E-state index in [2.05, 4.69) is 5.32 Å². The third kappa shape index (κ3) is 2.56. The summed E-state index contributed by atoms with van der Waals surface area (Å²) in [5.74, 6) is 0.196. The van der Waals surface area contributed by atoms with Crippen LogP contribution >= 0.6 is 0 Å². The minimum absolute atomic E-state index is 0.196. The summed E-state index contributed by atoms with van der Waals surface area (Å²) in [5, 5.41) is 3.23. The molecule has 0 aromatic rings. The molecule has 3 heteroatoms. The van der Waals surface area contributed by atoms with Crippen molar-refractivity contribution in [3.8, 4) is 0 Å². The summed E-state index contributed by atoms with van der Waals surface area (Å²) in [4.78, 5) is 13.7. The molecule has 1 aliphatic heterocycles. The highest BCUT2D eigenvalue weighted by atomic mass is 16.2. The zero-order chi connectivity index (χ0) is 9.84. The molecule has 1 aliphatic rings. The smallest absolute Gasteiger partial charge is 0.249 e. The van der Waals surface area contributed by atoms with Crippen molar-refractivity contribution in [3.05, 3.63) is 11.1 Å². The van der Waals surface area contributed by atoms with Gasteiger partial charge < -0.3 is 10.2 Å². The first-order valence-corrected chi connectivity index (χ1v) is 4.77. The maximum Gasteiger partial charge on any atom is 0.249 e. The van der Waals surface area contributed by atoms with Gasteiger partial charge in [-0.05, 0) is 20.8 Å². The lowest BCUT2D eigenvalue weighted by atomic mass is 10.1. The molecule has 0 unspecified atom stereocenters. The molecule has 1 N–H and O–H groups in total. The number of hydrogen-bond donors (Lipinski definition) is 1. The summed E-state index contributed by atoms with van der Waals surface area (Å²) in [5.41, 5.74) is 2.01. The van der Waals surface area contributed by atoms with Crippen LogP contribution in [-0.4, -0.2) is 37.0 Å². The first-order valence-electron chi connectivity index (χ1n) is 4.77. The van der Waals surface area contributed by atoms with Crippen molar-refractivity contribution in [2.24, 2.45) is 0 Å². The van der Waals surface area contributed by atoms with Crippen LogP contribution in [0, 0.1) is 0 Å². The van der Waals surface area contributed by atoms with Crippen LogP contribution in [-0.2, 0) is 4.79 Å². The molecule has 13 heavy (non-hydrogen) atoms. The van der Waals surface area contributed by atoms with Gasteiger partial charge in [-0.1, -0.05) is 5.57 Å². The molecule has 0 aromatic carbocycles. The Kier molecular flexibility index (Phi) is 3.48. The van der Waals surface area contributed by atoms with Crippen LogP contribution < -0.4 is 5.32 Å². The van der Waals surface area contributed by atoms with E-state index in [1.807, 2.05) is 25.7 Å². The molecule has 0 aromatic heterocycles. The Morgan fingerprint density at radius 3 is 2.15 bits per heavy atom. The van der Waals surface area contributed by atoms with Gasteiger partial charge >= 0.3 is 0 Å². The fourth-order valence-corrected chi connectivity index (χ4v) is 1.32. The zero-order valence-corrected chi connectivity index (χ0v) is 8.68. The Bertz CT molecular complexity index is 223. The molecule has 3 nitrogen and oxygen atoms in total. The van der Waals surface area contributed by atoms with Gasteiger partial charge in [0.25, 0.3) is 0 Å². The molecule has 0 atom stereocenters. The highest BCUT2D eigenvalue weighted by Gasteiger charge is 2.17. The second-order valence-corrected chi connectivity index (χ2v) is 3.67. The SMILES string of the molecule is CC(C)=C(C)C(=O)N1CCNCC1. The van der Waals surface area contributed by atoms with Gasteiger partial charge in [-0.3, -0.25) is 4.79 Å². The van der Waals surface area contributed by atoms with Gasteiger partial charge in [-0.15, -0.1) is 0 Å². The molecule has 0 saturated carbocycles. The quantitative estimate of drug-likeness (QED) is 0.608. The van der Waals surface area contributed by atoms with E-state index in [4.69, 9.17) is 0 Å². The topological polar surface area (TPSA) is 32.3 Å². The maximum atomic E-state index is 11.8. The monoisotopic (exact) mass is 182 g/mol. The third-order valence-electron chi connectivity index (χ3n) is 2.48. The fourth-order valence-electron chi connectivity index (χ4n) is 1.32. The van der Waals surface area contributed by atoms with Crippen molar-refractivity contribution >= 4 is 5.91 Å². The minimum Gasteiger partial charge on any atom is -0.336 e. The van der Waals surface area contributed by atoms with Crippen molar-refractivity contribution in [2.45, 2.75) is 20.8 Å². The van der Waals surface area contributed by atoms with Gasteiger partial charge in [0.2, 0.25) is 5.91 Å². The van der Waals surface area contributed by atoms with Gasteiger partial charge in [0, 0.05) is 31.8 Å². The van der Waals surface area contributed by atoms with E-state index < -0.39 is 0 Å². The number of nitrogens with one attached hydrogen (secondary N) is 1. The Balaban J connectivity index is 2.61. The highest BCUT2D eigenvalue weighted by molar-refractivity contribution is 5.93. The number of carbonyl (C=O) groups is 1. The molecule has 1 heterocycles. The highest BCUT2D eigenvalue weighted by Crippen LogP contribution is 2.07. The number of amides is 1. The van der Waals surface area contributed by atoms with Crippen LogP contribution in [0.4, 0.5) is 0 Å². The number of rotatable bonds is 1. The standard InChI is InChI=1S/C10H18N2O/c1-8(2)9(3)10(13)12-6-4-11-5-7-12/h11H,4-7H2,1-3H3. The lowest BCUT2D eigenvalue weighted by molar-refractivity contribution is -0.127. The van der Waals surface area contributed by atoms with E-state index >= 15 is 0 Å². The number of allylic oxidation sites excluding steroid dienone is 1. The molecule has 0 bridgehead atoms. The first kappa shape index (κ1) is 10.3. The summed E-state index contributed by atoms with van der Waals surface area (Å²) >= 11 is 0. The number of piperazine rings is 1. The minimum atomic E-state index is 0.196. The van der Waals surface area contributed by atoms with E-state index in [0.717, 1.165) is 37.3 Å². The van der Waals surface area contributed by atoms with Gasteiger partial charge in [-0.25, -0.2) is 0 Å². The Labute approximate surface area is 79.8 Å². The molecule has 1 fully saturated rings. The van der Waals surface area contributed by atoms with Gasteiger partial charge in [0.1, 0.15) is 0 Å². The predicted octanol–water partition coefficient (Wildman–Crippen LogP) is 0.774. The Morgan fingerprint density at radius 2 is 1.69 bits per heavy atom. The van der Waals surface area contributed by atoms with Crippen molar-refractivity contribution < 1.29 is 4.79 Å². The normalized spacial score (nSPS) is 17.0. The molecular formula is C10H18N2O. The van der Waals surface area contributed by atoms with Crippen LogP contribution in [0.2, 0.25) is 0 Å². The molecule has 0 aliphatic carbocycles. The summed E-state index contributed by atoms with van der Waals surface area (Å²) in [7, 11) is 0. The number of carbonyl (C=O) groups excluding carboxylic acids is 1. The number of hydrogen-bond acceptors (Lipinski definition) is 2. The van der Waals surface area contributed by atoms with Gasteiger partial charge in [0.15, 0.2) is 0 Å². The Hall–Kier alpha value is -0.830. The molecular weight excluding hydrogens is 164 g/mol. The summed E-state index contributed by atoms with van der Waals surface area (Å²) in [6, 6.07) is 0. The molecule has 1 amide bonds. The van der Waals surface area contributed by atoms with Crippen LogP contribution in [0.25, 0.3) is 0 Å². The summed E-state index contributed by atoms with van der Waals surface area (Å²) in [6.45, 7) is 9.38. The molecule has 0 radical (unpaired) electrons. The van der Waals surface area contributed by atoms with E-state index in [-0.39, 0.29) is 5.91 Å². The van der Waals surface area contributed by atoms with Gasteiger partial charge in [0.05, 0.1) is 0 Å². The molecule has 1 rings (SSSR count). The van der Waals surface area contributed by atoms with E-state index in [1.165, 1.54) is 0 Å². The van der Waals surface area contributed by atoms with Crippen LogP contribution in [0.5, 0.6) is 0 Å². The largest absolute Gasteiger partial charge is 0.336 e. The first-order chi connectivity index (χ1) is 6.13. The lowest BCUT2D eigenvalue weighted by Gasteiger charge is -2.28. The third-order valence-corrected chi connectivity index (χ3v) is 2.48. The molecule has 74 valence electrons. The molecule has 0 spiro atoms. The van der Waals surface area contributed by atoms with E-state index in [1.54, 1.807) is 0 Å². The van der Waals surface area contributed by atoms with E-state index in [9.17, 15) is 4.79 Å². The van der Waals surface area contributed by atoms with Crippen LogP contribution in [0.3, 0.4) is 0 Å². The van der Waals surface area contributed by atoms with Crippen molar-refractivity contribution in [3.63, 3.8) is 0 Å². The van der Waals surface area contributed by atoms with Crippen molar-refractivity contribution in [1.82, 2.24) is 10.2 Å². The zero-order valence-electron chi connectivity index (χ0n) is 8.68. The second-order valence-electron chi connectivity index (χ2n) is 3.67.